The van der Waals surface area contributed by atoms with E-state index in [2.05, 4.69) is 12.2 Å². The predicted octanol–water partition coefficient (Wildman–Crippen LogP) is 4.03. The monoisotopic (exact) mass is 267 g/mol. The lowest BCUT2D eigenvalue weighted by molar-refractivity contribution is -0.0141. The smallest absolute Gasteiger partial charge is 0.121 e. The van der Waals surface area contributed by atoms with Crippen molar-refractivity contribution in [2.45, 2.75) is 44.6 Å². The number of benzene rings is 1. The van der Waals surface area contributed by atoms with E-state index < -0.39 is 0 Å². The van der Waals surface area contributed by atoms with Gasteiger partial charge in [-0.2, -0.15) is 0 Å². The van der Waals surface area contributed by atoms with E-state index in [0.717, 1.165) is 43.1 Å². The van der Waals surface area contributed by atoms with Gasteiger partial charge < -0.3 is 10.1 Å². The summed E-state index contributed by atoms with van der Waals surface area (Å²) < 4.78 is 6.17. The maximum Gasteiger partial charge on any atom is 0.121 e. The summed E-state index contributed by atoms with van der Waals surface area (Å²) in [5.41, 5.74) is 0.0470. The van der Waals surface area contributed by atoms with Crippen molar-refractivity contribution >= 4 is 11.6 Å². The van der Waals surface area contributed by atoms with Crippen molar-refractivity contribution in [2.24, 2.45) is 0 Å². The normalized spacial score (nSPS) is 17.2. The third-order valence-electron chi connectivity index (χ3n) is 3.58. The van der Waals surface area contributed by atoms with Crippen LogP contribution in [0.3, 0.4) is 0 Å². The number of nitrogens with one attached hydrogen (secondary N) is 1. The molecule has 1 fully saturated rings. The molecule has 1 N–H and O–H groups in total. The Morgan fingerprint density at radius 2 is 2.17 bits per heavy atom. The van der Waals surface area contributed by atoms with Gasteiger partial charge in [-0.15, -0.1) is 0 Å². The van der Waals surface area contributed by atoms with Crippen LogP contribution in [0.4, 0.5) is 0 Å². The van der Waals surface area contributed by atoms with Crippen LogP contribution in [-0.2, 0) is 0 Å². The average Bonchev–Trinajstić information content (AvgIpc) is 2.31. The topological polar surface area (TPSA) is 21.3 Å². The van der Waals surface area contributed by atoms with E-state index >= 15 is 0 Å². The van der Waals surface area contributed by atoms with Crippen LogP contribution in [0.1, 0.15) is 39.0 Å². The van der Waals surface area contributed by atoms with Crippen molar-refractivity contribution in [3.63, 3.8) is 0 Å². The van der Waals surface area contributed by atoms with E-state index in [-0.39, 0.29) is 5.60 Å². The molecule has 1 aromatic rings. The first-order valence-electron chi connectivity index (χ1n) is 6.89. The zero-order chi connectivity index (χ0) is 12.8. The maximum atomic E-state index is 6.17. The molecular formula is C15H22ClNO. The van der Waals surface area contributed by atoms with Crippen molar-refractivity contribution in [2.75, 3.05) is 13.1 Å². The Bertz CT molecular complexity index is 377. The van der Waals surface area contributed by atoms with Crippen LogP contribution in [0, 0.1) is 0 Å². The molecule has 1 saturated carbocycles. The first kappa shape index (κ1) is 13.7. The molecule has 2 rings (SSSR count). The molecule has 100 valence electrons. The molecule has 0 spiro atoms. The molecule has 0 saturated heterocycles. The minimum absolute atomic E-state index is 0.0470. The molecule has 3 heteroatoms. The zero-order valence-electron chi connectivity index (χ0n) is 11.0. The van der Waals surface area contributed by atoms with Crippen molar-refractivity contribution in [1.29, 1.82) is 0 Å². The van der Waals surface area contributed by atoms with E-state index in [4.69, 9.17) is 16.3 Å². The van der Waals surface area contributed by atoms with Gasteiger partial charge >= 0.3 is 0 Å². The largest absolute Gasteiger partial charge is 0.487 e. The first-order valence-corrected chi connectivity index (χ1v) is 7.27. The summed E-state index contributed by atoms with van der Waals surface area (Å²) in [6, 6.07) is 7.72. The van der Waals surface area contributed by atoms with E-state index in [1.165, 1.54) is 12.8 Å². The molecule has 0 heterocycles. The average molecular weight is 268 g/mol. The lowest BCUT2D eigenvalue weighted by Crippen LogP contribution is -2.45. The van der Waals surface area contributed by atoms with Gasteiger partial charge in [0.2, 0.25) is 0 Å². The minimum Gasteiger partial charge on any atom is -0.487 e. The molecule has 0 amide bonds. The minimum atomic E-state index is 0.0470. The molecule has 0 bridgehead atoms. The number of ether oxygens (including phenoxy) is 1. The highest BCUT2D eigenvalue weighted by molar-refractivity contribution is 6.30. The molecule has 1 aliphatic rings. The summed E-state index contributed by atoms with van der Waals surface area (Å²) >= 11 is 5.99. The number of hydrogen-bond donors (Lipinski definition) is 1. The molecule has 0 aromatic heterocycles. The fraction of sp³-hybridized carbons (Fsp3) is 0.600. The Kier molecular flexibility index (Phi) is 4.90. The van der Waals surface area contributed by atoms with E-state index in [0.29, 0.717) is 0 Å². The van der Waals surface area contributed by atoms with Gasteiger partial charge in [0.25, 0.3) is 0 Å². The summed E-state index contributed by atoms with van der Waals surface area (Å²) in [4.78, 5) is 0. The van der Waals surface area contributed by atoms with Crippen LogP contribution in [-0.4, -0.2) is 18.7 Å². The SMILES string of the molecule is CCCNCCC1(Oc2cccc(Cl)c2)CCC1. The molecule has 18 heavy (non-hydrogen) atoms. The summed E-state index contributed by atoms with van der Waals surface area (Å²) in [7, 11) is 0. The van der Waals surface area contributed by atoms with Crippen LogP contribution >= 0.6 is 11.6 Å². The van der Waals surface area contributed by atoms with Gasteiger partial charge in [0.1, 0.15) is 11.4 Å². The third kappa shape index (κ3) is 3.63. The summed E-state index contributed by atoms with van der Waals surface area (Å²) in [5, 5.41) is 4.19. The molecule has 2 nitrogen and oxygen atoms in total. The summed E-state index contributed by atoms with van der Waals surface area (Å²) in [5.74, 6) is 0.901. The van der Waals surface area contributed by atoms with Crippen LogP contribution in [0.5, 0.6) is 5.75 Å². The number of halogens is 1. The Balaban J connectivity index is 1.88. The number of rotatable bonds is 7. The standard InChI is InChI=1S/C15H22ClNO/c1-2-10-17-11-9-15(7-4-8-15)18-14-6-3-5-13(16)12-14/h3,5-6,12,17H,2,4,7-11H2,1H3. The molecule has 0 unspecified atom stereocenters. The predicted molar refractivity (Wildman–Crippen MR) is 76.4 cm³/mol. The van der Waals surface area contributed by atoms with Crippen LogP contribution < -0.4 is 10.1 Å². The molecule has 1 aliphatic carbocycles. The first-order chi connectivity index (χ1) is 8.74. The highest BCUT2D eigenvalue weighted by Gasteiger charge is 2.38. The Morgan fingerprint density at radius 3 is 2.78 bits per heavy atom. The fourth-order valence-corrected chi connectivity index (χ4v) is 2.55. The summed E-state index contributed by atoms with van der Waals surface area (Å²) in [6.45, 7) is 4.32. The molecule has 0 atom stereocenters. The Labute approximate surface area is 115 Å². The second-order valence-electron chi connectivity index (χ2n) is 5.10. The molecule has 0 aliphatic heterocycles. The third-order valence-corrected chi connectivity index (χ3v) is 3.81. The Morgan fingerprint density at radius 1 is 1.33 bits per heavy atom. The van der Waals surface area contributed by atoms with E-state index in [1.807, 2.05) is 24.3 Å². The fourth-order valence-electron chi connectivity index (χ4n) is 2.37. The van der Waals surface area contributed by atoms with E-state index in [1.54, 1.807) is 0 Å². The van der Waals surface area contributed by atoms with Crippen molar-refractivity contribution in [1.82, 2.24) is 5.32 Å². The molecule has 1 aromatic carbocycles. The Hall–Kier alpha value is -0.730. The van der Waals surface area contributed by atoms with Gasteiger partial charge in [-0.05, 0) is 63.4 Å². The van der Waals surface area contributed by atoms with Gasteiger partial charge in [0, 0.05) is 5.02 Å². The number of hydrogen-bond acceptors (Lipinski definition) is 2. The van der Waals surface area contributed by atoms with Crippen molar-refractivity contribution < 1.29 is 4.74 Å². The summed E-state index contributed by atoms with van der Waals surface area (Å²) in [6.07, 6.45) is 5.86. The zero-order valence-corrected chi connectivity index (χ0v) is 11.8. The van der Waals surface area contributed by atoms with Crippen LogP contribution in [0.2, 0.25) is 5.02 Å². The van der Waals surface area contributed by atoms with Gasteiger partial charge in [-0.3, -0.25) is 0 Å². The van der Waals surface area contributed by atoms with Crippen LogP contribution in [0.25, 0.3) is 0 Å². The highest BCUT2D eigenvalue weighted by Crippen LogP contribution is 2.39. The lowest BCUT2D eigenvalue weighted by atomic mass is 9.77. The maximum absolute atomic E-state index is 6.17. The second kappa shape index (κ2) is 6.44. The van der Waals surface area contributed by atoms with Crippen LogP contribution in [0.15, 0.2) is 24.3 Å². The van der Waals surface area contributed by atoms with Gasteiger partial charge in [-0.25, -0.2) is 0 Å². The van der Waals surface area contributed by atoms with Crippen molar-refractivity contribution in [3.8, 4) is 5.75 Å². The lowest BCUT2D eigenvalue weighted by Gasteiger charge is -2.42. The van der Waals surface area contributed by atoms with E-state index in [9.17, 15) is 0 Å². The van der Waals surface area contributed by atoms with Gasteiger partial charge in [0.15, 0.2) is 0 Å². The second-order valence-corrected chi connectivity index (χ2v) is 5.53. The quantitative estimate of drug-likeness (QED) is 0.753. The molecule has 0 radical (unpaired) electrons. The van der Waals surface area contributed by atoms with Gasteiger partial charge in [0.05, 0.1) is 0 Å². The van der Waals surface area contributed by atoms with Gasteiger partial charge in [-0.1, -0.05) is 24.6 Å². The molecular weight excluding hydrogens is 246 g/mol. The highest BCUT2D eigenvalue weighted by atomic mass is 35.5. The van der Waals surface area contributed by atoms with Crippen molar-refractivity contribution in [3.05, 3.63) is 29.3 Å².